The highest BCUT2D eigenvalue weighted by atomic mass is 15.1. The molecule has 0 heterocycles. The lowest BCUT2D eigenvalue weighted by molar-refractivity contribution is 0.997. The number of nitrogens with zero attached hydrogens (tertiary/aromatic N) is 1. The van der Waals surface area contributed by atoms with E-state index in [1.165, 1.54) is 17.1 Å². The zero-order valence-electron chi connectivity index (χ0n) is 16.9. The van der Waals surface area contributed by atoms with Gasteiger partial charge in [0, 0.05) is 17.1 Å². The van der Waals surface area contributed by atoms with Crippen LogP contribution in [-0.4, -0.2) is 0 Å². The molecular formula is C24H35N. The fourth-order valence-corrected chi connectivity index (χ4v) is 2.37. The van der Waals surface area contributed by atoms with Gasteiger partial charge < -0.3 is 4.90 Å². The first kappa shape index (κ1) is 22.7. The largest absolute Gasteiger partial charge is 0.311 e. The van der Waals surface area contributed by atoms with Crippen LogP contribution in [0.2, 0.25) is 0 Å². The number of anilines is 2. The normalized spacial score (nSPS) is 11.4. The fourth-order valence-electron chi connectivity index (χ4n) is 2.37. The van der Waals surface area contributed by atoms with E-state index in [2.05, 4.69) is 83.8 Å². The summed E-state index contributed by atoms with van der Waals surface area (Å²) in [6.07, 6.45) is 9.01. The van der Waals surface area contributed by atoms with Crippen molar-refractivity contribution >= 4 is 11.4 Å². The maximum absolute atomic E-state index is 2.31. The first-order valence-electron chi connectivity index (χ1n) is 9.72. The zero-order valence-corrected chi connectivity index (χ0v) is 16.9. The molecular weight excluding hydrogens is 302 g/mol. The number of hydrogen-bond donors (Lipinski definition) is 0. The number of rotatable bonds is 3. The molecule has 2 aromatic rings. The van der Waals surface area contributed by atoms with E-state index in [4.69, 9.17) is 0 Å². The van der Waals surface area contributed by atoms with E-state index < -0.39 is 0 Å². The van der Waals surface area contributed by atoms with Crippen LogP contribution < -0.4 is 4.90 Å². The number of allylic oxidation sites excluding steroid dienone is 3. The number of benzene rings is 2. The molecule has 3 rings (SSSR count). The molecule has 2 aromatic carbocycles. The third-order valence-electron chi connectivity index (χ3n) is 3.26. The molecule has 0 N–H and O–H groups in total. The van der Waals surface area contributed by atoms with Crippen LogP contribution in [0.25, 0.3) is 0 Å². The van der Waals surface area contributed by atoms with Gasteiger partial charge in [0.05, 0.1) is 0 Å². The average molecular weight is 338 g/mol. The molecule has 0 radical (unpaired) electrons. The highest BCUT2D eigenvalue weighted by Gasteiger charge is 2.12. The monoisotopic (exact) mass is 337 g/mol. The van der Waals surface area contributed by atoms with Gasteiger partial charge in [-0.15, -0.1) is 0 Å². The molecule has 1 aliphatic carbocycles. The van der Waals surface area contributed by atoms with E-state index in [0.717, 1.165) is 12.8 Å². The topological polar surface area (TPSA) is 3.24 Å². The van der Waals surface area contributed by atoms with Crippen molar-refractivity contribution in [2.45, 2.75) is 54.4 Å². The van der Waals surface area contributed by atoms with E-state index in [-0.39, 0.29) is 0 Å². The van der Waals surface area contributed by atoms with Gasteiger partial charge >= 0.3 is 0 Å². The first-order chi connectivity index (χ1) is 12.4. The van der Waals surface area contributed by atoms with Crippen molar-refractivity contribution in [3.05, 3.63) is 84.6 Å². The molecule has 0 spiro atoms. The Balaban J connectivity index is 0.000000871. The molecule has 0 saturated heterocycles. The molecule has 0 fully saturated rings. The molecule has 0 saturated carbocycles. The summed E-state index contributed by atoms with van der Waals surface area (Å²) in [6, 6.07) is 21.0. The van der Waals surface area contributed by atoms with Crippen LogP contribution in [0.1, 0.15) is 54.4 Å². The predicted molar refractivity (Wildman–Crippen MR) is 116 cm³/mol. The highest BCUT2D eigenvalue weighted by molar-refractivity contribution is 5.70. The molecule has 25 heavy (non-hydrogen) atoms. The van der Waals surface area contributed by atoms with Crippen LogP contribution in [0.15, 0.2) is 84.6 Å². The summed E-state index contributed by atoms with van der Waals surface area (Å²) in [4.78, 5) is 2.30. The Kier molecular flexibility index (Phi) is 13.9. The molecule has 0 aromatic heterocycles. The minimum absolute atomic E-state index is 1.11. The SMILES string of the molecule is C1=CC(N(c2ccccc2)c2ccccc2)=CCC1.CC.CC.CC. The Bertz CT molecular complexity index is 543. The molecule has 0 atom stereocenters. The number of hydrogen-bond acceptors (Lipinski definition) is 1. The predicted octanol–water partition coefficient (Wildman–Crippen LogP) is 8.14. The second kappa shape index (κ2) is 15.3. The summed E-state index contributed by atoms with van der Waals surface area (Å²) in [5.74, 6) is 0. The van der Waals surface area contributed by atoms with Gasteiger partial charge in [0.25, 0.3) is 0 Å². The maximum atomic E-state index is 2.31. The standard InChI is InChI=1S/C18H17N.3C2H6/c1-4-10-16(11-5-1)19(17-12-6-2-7-13-17)18-14-8-3-9-15-18;3*1-2/h1-2,4-8,10-15H,3,9H2;3*1-2H3. The lowest BCUT2D eigenvalue weighted by Crippen LogP contribution is -2.15. The van der Waals surface area contributed by atoms with Gasteiger partial charge in [0.1, 0.15) is 0 Å². The highest BCUT2D eigenvalue weighted by Crippen LogP contribution is 2.31. The Morgan fingerprint density at radius 2 is 1.04 bits per heavy atom. The van der Waals surface area contributed by atoms with Gasteiger partial charge in [-0.2, -0.15) is 0 Å². The molecule has 1 heteroatoms. The molecule has 0 aliphatic heterocycles. The van der Waals surface area contributed by atoms with E-state index in [9.17, 15) is 0 Å². The number of para-hydroxylation sites is 2. The molecule has 1 aliphatic rings. The van der Waals surface area contributed by atoms with Gasteiger partial charge in [0.2, 0.25) is 0 Å². The van der Waals surface area contributed by atoms with Gasteiger partial charge in [-0.3, -0.25) is 0 Å². The Morgan fingerprint density at radius 1 is 0.600 bits per heavy atom. The van der Waals surface area contributed by atoms with Crippen molar-refractivity contribution in [1.82, 2.24) is 0 Å². The third-order valence-corrected chi connectivity index (χ3v) is 3.26. The Labute approximate surface area is 155 Å². The van der Waals surface area contributed by atoms with E-state index in [1.54, 1.807) is 0 Å². The maximum Gasteiger partial charge on any atom is 0.0461 e. The second-order valence-electron chi connectivity index (χ2n) is 4.62. The summed E-state index contributed by atoms with van der Waals surface area (Å²) in [5.41, 5.74) is 3.65. The van der Waals surface area contributed by atoms with Crippen molar-refractivity contribution in [3.8, 4) is 0 Å². The molecule has 1 nitrogen and oxygen atoms in total. The average Bonchev–Trinajstić information content (AvgIpc) is 2.75. The Hall–Kier alpha value is -2.28. The zero-order chi connectivity index (χ0) is 18.9. The van der Waals surface area contributed by atoms with Crippen molar-refractivity contribution in [3.63, 3.8) is 0 Å². The summed E-state index contributed by atoms with van der Waals surface area (Å²) in [6.45, 7) is 12.0. The quantitative estimate of drug-likeness (QED) is 0.546. The minimum Gasteiger partial charge on any atom is -0.311 e. The van der Waals surface area contributed by atoms with Crippen molar-refractivity contribution in [1.29, 1.82) is 0 Å². The second-order valence-corrected chi connectivity index (χ2v) is 4.62. The summed E-state index contributed by atoms with van der Waals surface area (Å²) >= 11 is 0. The van der Waals surface area contributed by atoms with Crippen LogP contribution in [0.3, 0.4) is 0 Å². The van der Waals surface area contributed by atoms with E-state index in [0.29, 0.717) is 0 Å². The summed E-state index contributed by atoms with van der Waals surface area (Å²) < 4.78 is 0. The van der Waals surface area contributed by atoms with Crippen LogP contribution in [0, 0.1) is 0 Å². The van der Waals surface area contributed by atoms with Crippen LogP contribution >= 0.6 is 0 Å². The minimum atomic E-state index is 1.11. The van der Waals surface area contributed by atoms with E-state index in [1.807, 2.05) is 41.5 Å². The molecule has 0 bridgehead atoms. The molecule has 136 valence electrons. The van der Waals surface area contributed by atoms with Crippen molar-refractivity contribution < 1.29 is 0 Å². The lowest BCUT2D eigenvalue weighted by atomic mass is 10.1. The lowest BCUT2D eigenvalue weighted by Gasteiger charge is -2.27. The van der Waals surface area contributed by atoms with Gasteiger partial charge in [0.15, 0.2) is 0 Å². The van der Waals surface area contributed by atoms with Crippen LogP contribution in [0.4, 0.5) is 11.4 Å². The van der Waals surface area contributed by atoms with Crippen LogP contribution in [0.5, 0.6) is 0 Å². The summed E-state index contributed by atoms with van der Waals surface area (Å²) in [5, 5.41) is 0. The molecule has 0 amide bonds. The fraction of sp³-hybridized carbons (Fsp3) is 0.333. The van der Waals surface area contributed by atoms with Crippen LogP contribution in [-0.2, 0) is 0 Å². The van der Waals surface area contributed by atoms with Crippen molar-refractivity contribution in [2.75, 3.05) is 4.90 Å². The molecule has 0 unspecified atom stereocenters. The third kappa shape index (κ3) is 7.43. The smallest absolute Gasteiger partial charge is 0.0461 e. The first-order valence-corrected chi connectivity index (χ1v) is 9.72. The van der Waals surface area contributed by atoms with E-state index >= 15 is 0 Å². The Morgan fingerprint density at radius 3 is 1.40 bits per heavy atom. The van der Waals surface area contributed by atoms with Gasteiger partial charge in [-0.25, -0.2) is 0 Å². The summed E-state index contributed by atoms with van der Waals surface area (Å²) in [7, 11) is 0. The van der Waals surface area contributed by atoms with Crippen molar-refractivity contribution in [2.24, 2.45) is 0 Å². The van der Waals surface area contributed by atoms with Gasteiger partial charge in [-0.1, -0.05) is 90.1 Å². The van der Waals surface area contributed by atoms with Gasteiger partial charge in [-0.05, 0) is 43.2 Å².